The topological polar surface area (TPSA) is 66.4 Å². The lowest BCUT2D eigenvalue weighted by Gasteiger charge is -2.10. The maximum Gasteiger partial charge on any atom is 0.232 e. The van der Waals surface area contributed by atoms with Gasteiger partial charge in [-0.3, -0.25) is 4.72 Å². The van der Waals surface area contributed by atoms with Crippen molar-refractivity contribution in [3.8, 4) is 11.8 Å². The normalized spacial score (nSPS) is 10.7. The van der Waals surface area contributed by atoms with Crippen LogP contribution in [0.5, 0.6) is 0 Å². The standard InChI is InChI=1S/C14H19NO3S/c1-3-4-10-19(17,18)15-14-11-12(2)7-8-13(14)6-5-9-16/h7-8,11,15-16H,3-4,9-10H2,1-2H3. The number of aryl methyl sites for hydroxylation is 1. The molecule has 1 aromatic rings. The van der Waals surface area contributed by atoms with Crippen molar-refractivity contribution in [2.24, 2.45) is 0 Å². The van der Waals surface area contributed by atoms with Gasteiger partial charge in [0.2, 0.25) is 10.0 Å². The number of anilines is 1. The highest BCUT2D eigenvalue weighted by Crippen LogP contribution is 2.18. The second kappa shape index (κ2) is 7.17. The summed E-state index contributed by atoms with van der Waals surface area (Å²) in [6.45, 7) is 3.57. The maximum atomic E-state index is 11.9. The van der Waals surface area contributed by atoms with Crippen LogP contribution in [0.15, 0.2) is 18.2 Å². The average molecular weight is 281 g/mol. The van der Waals surface area contributed by atoms with Gasteiger partial charge in [-0.25, -0.2) is 8.42 Å². The van der Waals surface area contributed by atoms with Crippen LogP contribution < -0.4 is 4.72 Å². The van der Waals surface area contributed by atoms with Crippen molar-refractivity contribution in [3.05, 3.63) is 29.3 Å². The van der Waals surface area contributed by atoms with Crippen molar-refractivity contribution in [3.63, 3.8) is 0 Å². The Morgan fingerprint density at radius 1 is 1.37 bits per heavy atom. The molecule has 0 radical (unpaired) electrons. The Hall–Kier alpha value is -1.51. The summed E-state index contributed by atoms with van der Waals surface area (Å²) in [7, 11) is -3.34. The molecule has 0 atom stereocenters. The van der Waals surface area contributed by atoms with Crippen LogP contribution in [-0.4, -0.2) is 25.9 Å². The van der Waals surface area contributed by atoms with Gasteiger partial charge in [0.1, 0.15) is 6.61 Å². The van der Waals surface area contributed by atoms with Crippen LogP contribution in [0, 0.1) is 18.8 Å². The van der Waals surface area contributed by atoms with Gasteiger partial charge < -0.3 is 5.11 Å². The second-order valence-corrected chi connectivity index (χ2v) is 6.13. The molecule has 1 aromatic carbocycles. The fourth-order valence-corrected chi connectivity index (χ4v) is 2.81. The third kappa shape index (κ3) is 5.33. The van der Waals surface area contributed by atoms with Crippen LogP contribution >= 0.6 is 0 Å². The maximum absolute atomic E-state index is 11.9. The molecule has 0 fully saturated rings. The van der Waals surface area contributed by atoms with Crippen molar-refractivity contribution in [1.29, 1.82) is 0 Å². The van der Waals surface area contributed by atoms with Gasteiger partial charge in [-0.05, 0) is 31.0 Å². The van der Waals surface area contributed by atoms with Crippen LogP contribution in [0.25, 0.3) is 0 Å². The van der Waals surface area contributed by atoms with Crippen molar-refractivity contribution in [2.75, 3.05) is 17.1 Å². The molecule has 2 N–H and O–H groups in total. The lowest BCUT2D eigenvalue weighted by Crippen LogP contribution is -2.17. The summed E-state index contributed by atoms with van der Waals surface area (Å²) in [5.74, 6) is 5.37. The average Bonchev–Trinajstić information content (AvgIpc) is 2.35. The zero-order valence-electron chi connectivity index (χ0n) is 11.2. The van der Waals surface area contributed by atoms with Crippen LogP contribution in [-0.2, 0) is 10.0 Å². The summed E-state index contributed by atoms with van der Waals surface area (Å²) < 4.78 is 26.3. The Morgan fingerprint density at radius 3 is 2.74 bits per heavy atom. The summed E-state index contributed by atoms with van der Waals surface area (Å²) >= 11 is 0. The van der Waals surface area contributed by atoms with Gasteiger partial charge in [-0.15, -0.1) is 0 Å². The number of rotatable bonds is 5. The first-order valence-corrected chi connectivity index (χ1v) is 7.84. The Kier molecular flexibility index (Phi) is 5.87. The molecular weight excluding hydrogens is 262 g/mol. The molecule has 0 saturated carbocycles. The zero-order valence-corrected chi connectivity index (χ0v) is 12.0. The number of sulfonamides is 1. The molecule has 0 aliphatic heterocycles. The van der Waals surface area contributed by atoms with Crippen LogP contribution in [0.1, 0.15) is 30.9 Å². The molecular formula is C14H19NO3S. The van der Waals surface area contributed by atoms with Crippen LogP contribution in [0.2, 0.25) is 0 Å². The number of hydrogen-bond donors (Lipinski definition) is 2. The van der Waals surface area contributed by atoms with Gasteiger partial charge in [-0.1, -0.05) is 31.3 Å². The number of benzene rings is 1. The number of aliphatic hydroxyl groups is 1. The highest BCUT2D eigenvalue weighted by atomic mass is 32.2. The molecule has 0 spiro atoms. The minimum Gasteiger partial charge on any atom is -0.384 e. The Balaban J connectivity index is 3.02. The predicted octanol–water partition coefficient (Wildman–Crippen LogP) is 1.88. The van der Waals surface area contributed by atoms with E-state index in [2.05, 4.69) is 16.6 Å². The number of aliphatic hydroxyl groups excluding tert-OH is 1. The SMILES string of the molecule is CCCCS(=O)(=O)Nc1cc(C)ccc1C#CCO. The molecule has 0 aliphatic rings. The molecule has 0 aliphatic carbocycles. The quantitative estimate of drug-likeness (QED) is 0.810. The van der Waals surface area contributed by atoms with E-state index in [4.69, 9.17) is 5.11 Å². The highest BCUT2D eigenvalue weighted by molar-refractivity contribution is 7.92. The van der Waals surface area contributed by atoms with E-state index in [-0.39, 0.29) is 12.4 Å². The summed E-state index contributed by atoms with van der Waals surface area (Å²) in [5, 5.41) is 8.71. The summed E-state index contributed by atoms with van der Waals surface area (Å²) in [5.41, 5.74) is 1.99. The van der Waals surface area contributed by atoms with Crippen molar-refractivity contribution in [2.45, 2.75) is 26.7 Å². The van der Waals surface area contributed by atoms with E-state index in [0.717, 1.165) is 12.0 Å². The molecule has 4 nitrogen and oxygen atoms in total. The van der Waals surface area contributed by atoms with Crippen LogP contribution in [0.3, 0.4) is 0 Å². The molecule has 0 saturated heterocycles. The first-order valence-electron chi connectivity index (χ1n) is 6.19. The van der Waals surface area contributed by atoms with E-state index in [1.807, 2.05) is 19.9 Å². The number of nitrogens with one attached hydrogen (secondary N) is 1. The monoisotopic (exact) mass is 281 g/mol. The molecule has 0 heterocycles. The van der Waals surface area contributed by atoms with E-state index in [1.54, 1.807) is 12.1 Å². The van der Waals surface area contributed by atoms with Gasteiger partial charge in [-0.2, -0.15) is 0 Å². The molecule has 0 unspecified atom stereocenters. The van der Waals surface area contributed by atoms with Crippen molar-refractivity contribution >= 4 is 15.7 Å². The van der Waals surface area contributed by atoms with Gasteiger partial charge in [0, 0.05) is 5.56 Å². The number of hydrogen-bond acceptors (Lipinski definition) is 3. The lowest BCUT2D eigenvalue weighted by molar-refractivity contribution is 0.350. The van der Waals surface area contributed by atoms with Crippen molar-refractivity contribution in [1.82, 2.24) is 0 Å². The Bertz CT molecular complexity index is 582. The van der Waals surface area contributed by atoms with E-state index in [1.165, 1.54) is 0 Å². The molecule has 5 heteroatoms. The highest BCUT2D eigenvalue weighted by Gasteiger charge is 2.11. The van der Waals surface area contributed by atoms with E-state index >= 15 is 0 Å². The molecule has 1 rings (SSSR count). The minimum atomic E-state index is -3.34. The fourth-order valence-electron chi connectivity index (χ4n) is 1.54. The van der Waals surface area contributed by atoms with Crippen molar-refractivity contribution < 1.29 is 13.5 Å². The zero-order chi connectivity index (χ0) is 14.3. The van der Waals surface area contributed by atoms with E-state index in [9.17, 15) is 8.42 Å². The fraction of sp³-hybridized carbons (Fsp3) is 0.429. The molecule has 0 bridgehead atoms. The predicted molar refractivity (Wildman–Crippen MR) is 77.5 cm³/mol. The Labute approximate surface area is 114 Å². The van der Waals surface area contributed by atoms with Gasteiger partial charge in [0.15, 0.2) is 0 Å². The second-order valence-electron chi connectivity index (χ2n) is 4.28. The van der Waals surface area contributed by atoms with E-state index in [0.29, 0.717) is 17.7 Å². The molecule has 19 heavy (non-hydrogen) atoms. The third-order valence-electron chi connectivity index (χ3n) is 2.51. The molecule has 0 amide bonds. The van der Waals surface area contributed by atoms with Gasteiger partial charge >= 0.3 is 0 Å². The minimum absolute atomic E-state index is 0.101. The Morgan fingerprint density at radius 2 is 2.11 bits per heavy atom. The summed E-state index contributed by atoms with van der Waals surface area (Å²) in [4.78, 5) is 0. The largest absolute Gasteiger partial charge is 0.384 e. The smallest absolute Gasteiger partial charge is 0.232 e. The third-order valence-corrected chi connectivity index (χ3v) is 3.87. The van der Waals surface area contributed by atoms with Gasteiger partial charge in [0.25, 0.3) is 0 Å². The summed E-state index contributed by atoms with van der Waals surface area (Å²) in [6.07, 6.45) is 1.45. The molecule has 0 aromatic heterocycles. The first-order chi connectivity index (χ1) is 8.98. The molecule has 104 valence electrons. The van der Waals surface area contributed by atoms with Crippen LogP contribution in [0.4, 0.5) is 5.69 Å². The van der Waals surface area contributed by atoms with E-state index < -0.39 is 10.0 Å². The summed E-state index contributed by atoms with van der Waals surface area (Å²) in [6, 6.07) is 5.34. The van der Waals surface area contributed by atoms with Gasteiger partial charge in [0.05, 0.1) is 11.4 Å². The lowest BCUT2D eigenvalue weighted by atomic mass is 10.1. The first kappa shape index (κ1) is 15.5. The number of unbranched alkanes of at least 4 members (excludes halogenated alkanes) is 1.